The molecular formula is C20H27N3O2. The van der Waals surface area contributed by atoms with E-state index in [2.05, 4.69) is 15.2 Å². The number of carbonyl (C=O) groups is 1. The normalized spacial score (nSPS) is 36.5. The first kappa shape index (κ1) is 15.6. The minimum Gasteiger partial charge on any atom is -0.378 e. The summed E-state index contributed by atoms with van der Waals surface area (Å²) in [5.41, 5.74) is 0.599. The molecule has 134 valence electrons. The summed E-state index contributed by atoms with van der Waals surface area (Å²) in [5.74, 6) is 3.40. The van der Waals surface area contributed by atoms with E-state index in [1.807, 2.05) is 18.2 Å². The SMILES string of the molecule is O=C(NC12CC3CC(CC(C3)C1)C2)c1cccc(N2CCOCC2)n1. The van der Waals surface area contributed by atoms with Crippen molar-refractivity contribution in [2.45, 2.75) is 44.1 Å². The van der Waals surface area contributed by atoms with Gasteiger partial charge in [0.05, 0.1) is 13.2 Å². The van der Waals surface area contributed by atoms with Crippen LogP contribution in [0, 0.1) is 17.8 Å². The number of nitrogens with one attached hydrogen (secondary N) is 1. The molecule has 4 aliphatic carbocycles. The highest BCUT2D eigenvalue weighted by molar-refractivity contribution is 5.93. The summed E-state index contributed by atoms with van der Waals surface area (Å²) < 4.78 is 5.41. The molecule has 4 bridgehead atoms. The standard InChI is InChI=1S/C20H27N3O2/c24-19(17-2-1-3-18(21-17)23-4-6-25-7-5-23)22-20-11-14-8-15(12-20)10-16(9-14)13-20/h1-3,14-16H,4-13H2,(H,22,24). The zero-order chi connectivity index (χ0) is 16.9. The Hall–Kier alpha value is -1.62. The van der Waals surface area contributed by atoms with Gasteiger partial charge in [-0.15, -0.1) is 0 Å². The van der Waals surface area contributed by atoms with Crippen molar-refractivity contribution in [2.75, 3.05) is 31.2 Å². The number of morpholine rings is 1. The lowest BCUT2D eigenvalue weighted by Gasteiger charge is -2.56. The largest absolute Gasteiger partial charge is 0.378 e. The van der Waals surface area contributed by atoms with Gasteiger partial charge in [-0.1, -0.05) is 6.07 Å². The second kappa shape index (κ2) is 5.97. The van der Waals surface area contributed by atoms with Crippen LogP contribution in [-0.4, -0.2) is 42.7 Å². The molecule has 0 atom stereocenters. The molecule has 2 heterocycles. The molecule has 25 heavy (non-hydrogen) atoms. The Labute approximate surface area is 149 Å². The number of pyridine rings is 1. The van der Waals surface area contributed by atoms with E-state index in [0.29, 0.717) is 5.69 Å². The number of anilines is 1. The predicted octanol–water partition coefficient (Wildman–Crippen LogP) is 2.62. The molecule has 1 amide bonds. The molecule has 5 aliphatic rings. The molecule has 0 spiro atoms. The highest BCUT2D eigenvalue weighted by Gasteiger charge is 2.51. The summed E-state index contributed by atoms with van der Waals surface area (Å²) in [4.78, 5) is 19.8. The zero-order valence-corrected chi connectivity index (χ0v) is 14.7. The Morgan fingerprint density at radius 2 is 1.72 bits per heavy atom. The second-order valence-electron chi connectivity index (χ2n) is 8.63. The molecule has 5 nitrogen and oxygen atoms in total. The van der Waals surface area contributed by atoms with Crippen LogP contribution in [-0.2, 0) is 4.74 Å². The summed E-state index contributed by atoms with van der Waals surface area (Å²) in [6, 6.07) is 5.79. The van der Waals surface area contributed by atoms with Gasteiger partial charge in [0.25, 0.3) is 5.91 Å². The van der Waals surface area contributed by atoms with Crippen LogP contribution in [0.2, 0.25) is 0 Å². The van der Waals surface area contributed by atoms with Gasteiger partial charge in [0.1, 0.15) is 11.5 Å². The average molecular weight is 341 g/mol. The number of nitrogens with zero attached hydrogens (tertiary/aromatic N) is 2. The van der Waals surface area contributed by atoms with Crippen LogP contribution in [0.1, 0.15) is 49.0 Å². The maximum Gasteiger partial charge on any atom is 0.270 e. The summed E-state index contributed by atoms with van der Waals surface area (Å²) >= 11 is 0. The fourth-order valence-corrected chi connectivity index (χ4v) is 6.09. The summed E-state index contributed by atoms with van der Waals surface area (Å²) in [5, 5.41) is 3.43. The van der Waals surface area contributed by atoms with Gasteiger partial charge in [0, 0.05) is 18.6 Å². The third-order valence-electron chi connectivity index (χ3n) is 6.72. The first-order valence-corrected chi connectivity index (χ1v) is 9.81. The molecule has 0 radical (unpaired) electrons. The van der Waals surface area contributed by atoms with Crippen molar-refractivity contribution in [1.29, 1.82) is 0 Å². The van der Waals surface area contributed by atoms with Crippen molar-refractivity contribution in [3.8, 4) is 0 Å². The van der Waals surface area contributed by atoms with Gasteiger partial charge >= 0.3 is 0 Å². The van der Waals surface area contributed by atoms with Crippen molar-refractivity contribution in [3.63, 3.8) is 0 Å². The number of rotatable bonds is 3. The molecule has 1 saturated heterocycles. The summed E-state index contributed by atoms with van der Waals surface area (Å²) in [7, 11) is 0. The predicted molar refractivity (Wildman–Crippen MR) is 95.6 cm³/mol. The molecule has 1 aromatic rings. The number of carbonyl (C=O) groups excluding carboxylic acids is 1. The van der Waals surface area contributed by atoms with Crippen molar-refractivity contribution >= 4 is 11.7 Å². The van der Waals surface area contributed by atoms with Crippen molar-refractivity contribution in [2.24, 2.45) is 17.8 Å². The quantitative estimate of drug-likeness (QED) is 0.918. The Morgan fingerprint density at radius 3 is 2.36 bits per heavy atom. The van der Waals surface area contributed by atoms with E-state index in [0.717, 1.165) is 49.9 Å². The number of hydrogen-bond donors (Lipinski definition) is 1. The minimum atomic E-state index is 0.0112. The van der Waals surface area contributed by atoms with Crippen molar-refractivity contribution in [1.82, 2.24) is 10.3 Å². The molecule has 4 saturated carbocycles. The zero-order valence-electron chi connectivity index (χ0n) is 14.7. The van der Waals surface area contributed by atoms with Crippen LogP contribution < -0.4 is 10.2 Å². The lowest BCUT2D eigenvalue weighted by atomic mass is 9.53. The fourth-order valence-electron chi connectivity index (χ4n) is 6.09. The van der Waals surface area contributed by atoms with Gasteiger partial charge in [-0.05, 0) is 68.4 Å². The highest BCUT2D eigenvalue weighted by atomic mass is 16.5. The lowest BCUT2D eigenvalue weighted by Crippen LogP contribution is -2.59. The second-order valence-corrected chi connectivity index (χ2v) is 8.63. The van der Waals surface area contributed by atoms with Crippen LogP contribution >= 0.6 is 0 Å². The van der Waals surface area contributed by atoms with Crippen LogP contribution in [0.3, 0.4) is 0 Å². The van der Waals surface area contributed by atoms with Gasteiger partial charge in [-0.25, -0.2) is 4.98 Å². The minimum absolute atomic E-state index is 0.0112. The first-order chi connectivity index (χ1) is 12.2. The van der Waals surface area contributed by atoms with E-state index in [1.54, 1.807) is 0 Å². The van der Waals surface area contributed by atoms with Crippen LogP contribution in [0.5, 0.6) is 0 Å². The van der Waals surface area contributed by atoms with Gasteiger partial charge in [-0.3, -0.25) is 4.79 Å². The molecule has 0 unspecified atom stereocenters. The van der Waals surface area contributed by atoms with Crippen LogP contribution in [0.4, 0.5) is 5.82 Å². The average Bonchev–Trinajstić information content (AvgIpc) is 2.61. The van der Waals surface area contributed by atoms with Crippen LogP contribution in [0.25, 0.3) is 0 Å². The van der Waals surface area contributed by atoms with E-state index >= 15 is 0 Å². The Bertz CT molecular complexity index is 633. The number of amides is 1. The van der Waals surface area contributed by atoms with Crippen molar-refractivity contribution < 1.29 is 9.53 Å². The first-order valence-electron chi connectivity index (χ1n) is 9.81. The third-order valence-corrected chi connectivity index (χ3v) is 6.72. The molecular weight excluding hydrogens is 314 g/mol. The number of ether oxygens (including phenoxy) is 1. The van der Waals surface area contributed by atoms with E-state index < -0.39 is 0 Å². The Balaban J connectivity index is 1.33. The smallest absolute Gasteiger partial charge is 0.270 e. The maximum absolute atomic E-state index is 12.9. The number of aromatic nitrogens is 1. The molecule has 0 aromatic carbocycles. The van der Waals surface area contributed by atoms with E-state index in [1.165, 1.54) is 38.5 Å². The summed E-state index contributed by atoms with van der Waals surface area (Å²) in [6.45, 7) is 3.14. The maximum atomic E-state index is 12.9. The van der Waals surface area contributed by atoms with E-state index in [9.17, 15) is 4.79 Å². The van der Waals surface area contributed by atoms with Gasteiger partial charge in [-0.2, -0.15) is 0 Å². The number of hydrogen-bond acceptors (Lipinski definition) is 4. The van der Waals surface area contributed by atoms with Gasteiger partial charge in [0.2, 0.25) is 0 Å². The third kappa shape index (κ3) is 2.92. The molecule has 1 aliphatic heterocycles. The fraction of sp³-hybridized carbons (Fsp3) is 0.700. The monoisotopic (exact) mass is 341 g/mol. The molecule has 5 fully saturated rings. The molecule has 1 N–H and O–H groups in total. The topological polar surface area (TPSA) is 54.5 Å². The Kier molecular flexibility index (Phi) is 3.73. The lowest BCUT2D eigenvalue weighted by molar-refractivity contribution is -0.0167. The van der Waals surface area contributed by atoms with Crippen molar-refractivity contribution in [3.05, 3.63) is 23.9 Å². The van der Waals surface area contributed by atoms with Gasteiger partial charge < -0.3 is 15.0 Å². The van der Waals surface area contributed by atoms with Gasteiger partial charge in [0.15, 0.2) is 0 Å². The highest BCUT2D eigenvalue weighted by Crippen LogP contribution is 2.55. The van der Waals surface area contributed by atoms with Crippen LogP contribution in [0.15, 0.2) is 18.2 Å². The summed E-state index contributed by atoms with van der Waals surface area (Å²) in [6.07, 6.45) is 7.69. The Morgan fingerprint density at radius 1 is 1.08 bits per heavy atom. The van der Waals surface area contributed by atoms with E-state index in [-0.39, 0.29) is 11.4 Å². The molecule has 1 aromatic heterocycles. The van der Waals surface area contributed by atoms with E-state index in [4.69, 9.17) is 4.74 Å². The molecule has 6 rings (SSSR count). The molecule has 5 heteroatoms.